The largest absolute Gasteiger partial charge is 0.467 e. The molecule has 3 aromatic rings. The summed E-state index contributed by atoms with van der Waals surface area (Å²) < 4.78 is 13.2. The molecule has 0 radical (unpaired) electrons. The minimum Gasteiger partial charge on any atom is -0.467 e. The summed E-state index contributed by atoms with van der Waals surface area (Å²) in [6.45, 7) is 6.44. The Balaban J connectivity index is 1.18. The predicted octanol–water partition coefficient (Wildman–Crippen LogP) is 4.20. The maximum Gasteiger partial charge on any atom is 0.411 e. The van der Waals surface area contributed by atoms with Crippen LogP contribution >= 0.6 is 34.2 Å². The number of hydrogen-bond acceptors (Lipinski definition) is 9. The van der Waals surface area contributed by atoms with Crippen LogP contribution in [0.4, 0.5) is 16.3 Å². The van der Waals surface area contributed by atoms with E-state index in [0.29, 0.717) is 53.7 Å². The van der Waals surface area contributed by atoms with Crippen molar-refractivity contribution in [2.75, 3.05) is 45.2 Å². The minimum absolute atomic E-state index is 0.0176. The van der Waals surface area contributed by atoms with Gasteiger partial charge in [-0.25, -0.2) is 19.6 Å². The van der Waals surface area contributed by atoms with E-state index in [1.54, 1.807) is 61.2 Å². The van der Waals surface area contributed by atoms with Crippen molar-refractivity contribution in [3.8, 4) is 0 Å². The summed E-state index contributed by atoms with van der Waals surface area (Å²) in [4.78, 5) is 65.6. The lowest BCUT2D eigenvalue weighted by atomic mass is 9.94. The highest BCUT2D eigenvalue weighted by atomic mass is 127. The van der Waals surface area contributed by atoms with Gasteiger partial charge < -0.3 is 24.6 Å². The molecule has 5 rings (SSSR count). The van der Waals surface area contributed by atoms with Crippen molar-refractivity contribution in [1.29, 1.82) is 0 Å². The van der Waals surface area contributed by atoms with Gasteiger partial charge in [0.25, 0.3) is 5.91 Å². The van der Waals surface area contributed by atoms with Crippen LogP contribution in [0.1, 0.15) is 44.0 Å². The number of nitrogens with one attached hydrogen (secondary N) is 1. The van der Waals surface area contributed by atoms with E-state index in [4.69, 9.17) is 21.1 Å². The first-order chi connectivity index (χ1) is 21.4. The van der Waals surface area contributed by atoms with Crippen molar-refractivity contribution in [3.63, 3.8) is 0 Å². The van der Waals surface area contributed by atoms with Crippen LogP contribution in [-0.4, -0.2) is 104 Å². The van der Waals surface area contributed by atoms with E-state index in [-0.39, 0.29) is 37.4 Å². The molecule has 45 heavy (non-hydrogen) atoms. The monoisotopic (exact) mass is 751 g/mol. The van der Waals surface area contributed by atoms with E-state index in [2.05, 4.69) is 37.9 Å². The van der Waals surface area contributed by atoms with Crippen molar-refractivity contribution in [3.05, 3.63) is 51.1 Å². The summed E-state index contributed by atoms with van der Waals surface area (Å²) in [6, 6.07) is 4.16. The fourth-order valence-corrected chi connectivity index (χ4v) is 6.29. The number of esters is 1. The summed E-state index contributed by atoms with van der Waals surface area (Å²) in [7, 11) is 1.25. The third-order valence-electron chi connectivity index (χ3n) is 7.77. The number of carbonyl (C=O) groups excluding carboxylic acids is 4. The minimum atomic E-state index is -0.962. The standard InChI is InChI=1S/C30H35ClIN7O6/c1-30(2,3)45-29(43)38-14-13-37(17-22(38)28(42)44-4)26(40)18-7-10-36(11-8-18)27(41)20-6-5-19(15-21(20)31)35-24-25-34-16-23(32)39(25)12-9-33-24/h5-6,9,12,15-16,18,22H,7-8,10-11,13-14,17H2,1-4H3,(H,33,35). The molecule has 2 aliphatic rings. The van der Waals surface area contributed by atoms with E-state index < -0.39 is 23.7 Å². The number of imidazole rings is 1. The van der Waals surface area contributed by atoms with Gasteiger partial charge in [0.1, 0.15) is 9.30 Å². The van der Waals surface area contributed by atoms with Crippen molar-refractivity contribution in [1.82, 2.24) is 29.1 Å². The molecule has 3 amide bonds. The number of aromatic nitrogens is 3. The topological polar surface area (TPSA) is 139 Å². The van der Waals surface area contributed by atoms with Gasteiger partial charge in [-0.1, -0.05) is 11.6 Å². The van der Waals surface area contributed by atoms with Crippen LogP contribution in [0.3, 0.4) is 0 Å². The summed E-state index contributed by atoms with van der Waals surface area (Å²) in [5, 5.41) is 3.52. The Labute approximate surface area is 279 Å². The molecule has 13 nitrogen and oxygen atoms in total. The zero-order valence-corrected chi connectivity index (χ0v) is 28.4. The summed E-state index contributed by atoms with van der Waals surface area (Å²) in [5.41, 5.74) is 0.969. The number of nitrogens with zero attached hydrogens (tertiary/aromatic N) is 6. The highest BCUT2D eigenvalue weighted by Gasteiger charge is 2.41. The average molecular weight is 752 g/mol. The van der Waals surface area contributed by atoms with E-state index in [0.717, 1.165) is 3.70 Å². The first-order valence-electron chi connectivity index (χ1n) is 14.6. The fourth-order valence-electron chi connectivity index (χ4n) is 5.50. The van der Waals surface area contributed by atoms with E-state index in [1.165, 1.54) is 12.0 Å². The Hall–Kier alpha value is -3.66. The van der Waals surface area contributed by atoms with Gasteiger partial charge in [-0.05, 0) is 74.4 Å². The number of halogens is 2. The number of carbonyl (C=O) groups is 4. The molecule has 0 aliphatic carbocycles. The Morgan fingerprint density at radius 2 is 1.78 bits per heavy atom. The average Bonchev–Trinajstić information content (AvgIpc) is 3.40. The Bertz CT molecular complexity index is 1620. The second-order valence-corrected chi connectivity index (χ2v) is 13.4. The molecule has 1 aromatic carbocycles. The zero-order valence-electron chi connectivity index (χ0n) is 25.5. The molecular formula is C30H35ClIN7O6. The lowest BCUT2D eigenvalue weighted by Gasteiger charge is -2.42. The fraction of sp³-hybridized carbons (Fsp3) is 0.467. The van der Waals surface area contributed by atoms with Gasteiger partial charge in [-0.15, -0.1) is 0 Å². The first kappa shape index (κ1) is 32.7. The van der Waals surface area contributed by atoms with E-state index in [9.17, 15) is 19.2 Å². The lowest BCUT2D eigenvalue weighted by Crippen LogP contribution is -2.61. The van der Waals surface area contributed by atoms with Gasteiger partial charge in [0.15, 0.2) is 17.5 Å². The van der Waals surface area contributed by atoms with E-state index >= 15 is 0 Å². The van der Waals surface area contributed by atoms with Gasteiger partial charge in [0, 0.05) is 50.2 Å². The molecule has 240 valence electrons. The molecule has 0 bridgehead atoms. The molecule has 2 aliphatic heterocycles. The molecule has 15 heteroatoms. The second-order valence-electron chi connectivity index (χ2n) is 11.9. The summed E-state index contributed by atoms with van der Waals surface area (Å²) in [5.74, 6) is -0.683. The molecule has 2 fully saturated rings. The molecular weight excluding hydrogens is 717 g/mol. The van der Waals surface area contributed by atoms with E-state index in [1.807, 2.05) is 10.6 Å². The molecule has 1 N–H and O–H groups in total. The number of hydrogen-bond donors (Lipinski definition) is 1. The summed E-state index contributed by atoms with van der Waals surface area (Å²) in [6.07, 6.45) is 5.56. The van der Waals surface area contributed by atoms with Crippen molar-refractivity contribution in [2.45, 2.75) is 45.3 Å². The number of likely N-dealkylation sites (tertiary alicyclic amines) is 1. The van der Waals surface area contributed by atoms with Crippen LogP contribution in [0.25, 0.3) is 5.65 Å². The Morgan fingerprint density at radius 3 is 2.44 bits per heavy atom. The van der Waals surface area contributed by atoms with Crippen molar-refractivity contribution >= 4 is 75.2 Å². The predicted molar refractivity (Wildman–Crippen MR) is 174 cm³/mol. The number of fused-ring (bicyclic) bond motifs is 1. The zero-order chi connectivity index (χ0) is 32.5. The molecule has 2 saturated heterocycles. The molecule has 2 aromatic heterocycles. The number of rotatable bonds is 5. The number of anilines is 2. The quantitative estimate of drug-likeness (QED) is 0.300. The first-order valence-corrected chi connectivity index (χ1v) is 16.0. The van der Waals surface area contributed by atoms with Gasteiger partial charge in [0.2, 0.25) is 5.91 Å². The van der Waals surface area contributed by atoms with Crippen LogP contribution in [0.2, 0.25) is 5.02 Å². The molecule has 1 unspecified atom stereocenters. The van der Waals surface area contributed by atoms with Crippen LogP contribution < -0.4 is 5.32 Å². The van der Waals surface area contributed by atoms with Crippen LogP contribution in [0.15, 0.2) is 36.8 Å². The molecule has 1 atom stereocenters. The third kappa shape index (κ3) is 7.27. The maximum absolute atomic E-state index is 13.5. The second kappa shape index (κ2) is 13.4. The molecule has 0 spiro atoms. The Kier molecular flexibility index (Phi) is 9.72. The van der Waals surface area contributed by atoms with Crippen LogP contribution in [-0.2, 0) is 19.1 Å². The van der Waals surface area contributed by atoms with Gasteiger partial charge in [0.05, 0.1) is 30.4 Å². The summed E-state index contributed by atoms with van der Waals surface area (Å²) >= 11 is 8.76. The van der Waals surface area contributed by atoms with Crippen LogP contribution in [0, 0.1) is 9.62 Å². The van der Waals surface area contributed by atoms with Crippen molar-refractivity contribution < 1.29 is 28.7 Å². The van der Waals surface area contributed by atoms with Crippen LogP contribution in [0.5, 0.6) is 0 Å². The molecule has 0 saturated carbocycles. The normalized spacial score (nSPS) is 17.7. The number of ether oxygens (including phenoxy) is 2. The van der Waals surface area contributed by atoms with Gasteiger partial charge in [-0.2, -0.15) is 0 Å². The lowest BCUT2D eigenvalue weighted by molar-refractivity contribution is -0.152. The third-order valence-corrected chi connectivity index (χ3v) is 8.88. The maximum atomic E-state index is 13.5. The Morgan fingerprint density at radius 1 is 1.04 bits per heavy atom. The SMILES string of the molecule is COC(=O)C1CN(C(=O)C2CCN(C(=O)c3ccc(Nc4nccn5c(I)cnc45)cc3Cl)CC2)CCN1C(=O)OC(C)(C)C. The highest BCUT2D eigenvalue weighted by molar-refractivity contribution is 14.1. The number of amides is 3. The number of benzene rings is 1. The van der Waals surface area contributed by atoms with Gasteiger partial charge in [-0.3, -0.25) is 18.9 Å². The highest BCUT2D eigenvalue weighted by Crippen LogP contribution is 2.29. The smallest absolute Gasteiger partial charge is 0.411 e. The number of piperazine rings is 1. The van der Waals surface area contributed by atoms with Crippen molar-refractivity contribution in [2.24, 2.45) is 5.92 Å². The number of methoxy groups -OCH3 is 1. The van der Waals surface area contributed by atoms with Gasteiger partial charge >= 0.3 is 12.1 Å². The molecule has 4 heterocycles. The number of piperidine rings is 1.